The zero-order valence-electron chi connectivity index (χ0n) is 13.8. The molecule has 0 radical (unpaired) electrons. The molecule has 1 amide bonds. The standard InChI is InChI=1S/C19H15N3O2S/c1-22(2)19(24)13-7-5-6-12(10-13)17(23)14(11-20)18-21-15-8-3-4-9-16(15)25-18/h3-10,14H,1-2H3. The van der Waals surface area contributed by atoms with Gasteiger partial charge in [-0.3, -0.25) is 9.59 Å². The molecule has 0 N–H and O–H groups in total. The predicted molar refractivity (Wildman–Crippen MR) is 96.8 cm³/mol. The maximum atomic E-state index is 12.8. The van der Waals surface area contributed by atoms with Gasteiger partial charge >= 0.3 is 0 Å². The molecular weight excluding hydrogens is 334 g/mol. The number of Topliss-reactive ketones (excluding diaryl/α,β-unsaturated/α-hetero) is 1. The van der Waals surface area contributed by atoms with Crippen molar-refractivity contribution in [2.45, 2.75) is 5.92 Å². The lowest BCUT2D eigenvalue weighted by Gasteiger charge is -2.11. The number of carbonyl (C=O) groups excluding carboxylic acids is 2. The second kappa shape index (κ2) is 6.83. The number of ketones is 1. The number of amides is 1. The van der Waals surface area contributed by atoms with Crippen molar-refractivity contribution >= 4 is 33.2 Å². The van der Waals surface area contributed by atoms with Crippen molar-refractivity contribution in [3.05, 3.63) is 64.7 Å². The molecule has 0 aliphatic carbocycles. The number of benzene rings is 2. The molecule has 124 valence electrons. The Balaban J connectivity index is 1.97. The van der Waals surface area contributed by atoms with Gasteiger partial charge in [-0.25, -0.2) is 4.98 Å². The fourth-order valence-electron chi connectivity index (χ4n) is 2.47. The van der Waals surface area contributed by atoms with Gasteiger partial charge in [-0.15, -0.1) is 11.3 Å². The molecule has 3 aromatic rings. The van der Waals surface area contributed by atoms with Gasteiger partial charge in [0.25, 0.3) is 5.91 Å². The SMILES string of the molecule is CN(C)C(=O)c1cccc(C(=O)C(C#N)c2nc3ccccc3s2)c1. The molecule has 0 bridgehead atoms. The van der Waals surface area contributed by atoms with E-state index in [-0.39, 0.29) is 11.7 Å². The Morgan fingerprint density at radius 1 is 1.12 bits per heavy atom. The Bertz CT molecular complexity index is 968. The van der Waals surface area contributed by atoms with Crippen LogP contribution in [0.2, 0.25) is 0 Å². The van der Waals surface area contributed by atoms with Gasteiger partial charge in [-0.1, -0.05) is 24.3 Å². The van der Waals surface area contributed by atoms with Gasteiger partial charge in [0.1, 0.15) is 5.01 Å². The van der Waals surface area contributed by atoms with Gasteiger partial charge in [0.15, 0.2) is 11.7 Å². The first kappa shape index (κ1) is 16.8. The number of aromatic nitrogens is 1. The maximum Gasteiger partial charge on any atom is 0.253 e. The van der Waals surface area contributed by atoms with Gasteiger partial charge in [-0.2, -0.15) is 5.26 Å². The van der Waals surface area contributed by atoms with Gasteiger partial charge in [0.2, 0.25) is 0 Å². The molecule has 1 atom stereocenters. The van der Waals surface area contributed by atoms with E-state index in [4.69, 9.17) is 0 Å². The van der Waals surface area contributed by atoms with Crippen LogP contribution in [-0.4, -0.2) is 35.7 Å². The Morgan fingerprint density at radius 2 is 1.84 bits per heavy atom. The minimum atomic E-state index is -0.984. The molecule has 1 heterocycles. The van der Waals surface area contributed by atoms with Crippen LogP contribution in [-0.2, 0) is 0 Å². The highest BCUT2D eigenvalue weighted by molar-refractivity contribution is 7.18. The summed E-state index contributed by atoms with van der Waals surface area (Å²) in [6.07, 6.45) is 0. The smallest absolute Gasteiger partial charge is 0.253 e. The van der Waals surface area contributed by atoms with E-state index in [0.717, 1.165) is 10.2 Å². The first-order chi connectivity index (χ1) is 12.0. The molecule has 1 aromatic heterocycles. The summed E-state index contributed by atoms with van der Waals surface area (Å²) in [6.45, 7) is 0. The van der Waals surface area contributed by atoms with E-state index >= 15 is 0 Å². The van der Waals surface area contributed by atoms with Crippen molar-refractivity contribution in [1.82, 2.24) is 9.88 Å². The molecule has 25 heavy (non-hydrogen) atoms. The van der Waals surface area contributed by atoms with E-state index in [1.165, 1.54) is 22.3 Å². The second-order valence-electron chi connectivity index (χ2n) is 5.73. The summed E-state index contributed by atoms with van der Waals surface area (Å²) in [5.41, 5.74) is 1.52. The third-order valence-electron chi connectivity index (χ3n) is 3.75. The van der Waals surface area contributed by atoms with E-state index in [9.17, 15) is 14.9 Å². The summed E-state index contributed by atoms with van der Waals surface area (Å²) < 4.78 is 0.932. The number of nitriles is 1. The van der Waals surface area contributed by atoms with E-state index in [2.05, 4.69) is 11.1 Å². The molecule has 0 aliphatic rings. The highest BCUT2D eigenvalue weighted by Crippen LogP contribution is 2.29. The van der Waals surface area contributed by atoms with Gasteiger partial charge < -0.3 is 4.90 Å². The van der Waals surface area contributed by atoms with Crippen molar-refractivity contribution < 1.29 is 9.59 Å². The Kier molecular flexibility index (Phi) is 4.59. The van der Waals surface area contributed by atoms with Crippen molar-refractivity contribution in [3.63, 3.8) is 0 Å². The largest absolute Gasteiger partial charge is 0.345 e. The van der Waals surface area contributed by atoms with Crippen LogP contribution < -0.4 is 0 Å². The normalized spacial score (nSPS) is 11.7. The highest BCUT2D eigenvalue weighted by Gasteiger charge is 2.26. The lowest BCUT2D eigenvalue weighted by atomic mass is 9.97. The molecular formula is C19H15N3O2S. The second-order valence-corrected chi connectivity index (χ2v) is 6.79. The number of thiazole rings is 1. The molecule has 1 unspecified atom stereocenters. The topological polar surface area (TPSA) is 74.1 Å². The van der Waals surface area contributed by atoms with Gasteiger partial charge in [0, 0.05) is 25.2 Å². The van der Waals surface area contributed by atoms with Crippen LogP contribution in [0.4, 0.5) is 0 Å². The summed E-state index contributed by atoms with van der Waals surface area (Å²) >= 11 is 1.34. The average molecular weight is 349 g/mol. The van der Waals surface area contributed by atoms with Gasteiger partial charge in [-0.05, 0) is 24.3 Å². The Hall–Kier alpha value is -3.04. The number of para-hydroxylation sites is 1. The summed E-state index contributed by atoms with van der Waals surface area (Å²) in [5, 5.41) is 9.99. The lowest BCUT2D eigenvalue weighted by Crippen LogP contribution is -2.22. The number of hydrogen-bond donors (Lipinski definition) is 0. The summed E-state index contributed by atoms with van der Waals surface area (Å²) in [4.78, 5) is 30.8. The van der Waals surface area contributed by atoms with Crippen LogP contribution in [0.15, 0.2) is 48.5 Å². The van der Waals surface area contributed by atoms with Crippen LogP contribution in [0, 0.1) is 11.3 Å². The number of fused-ring (bicyclic) bond motifs is 1. The van der Waals surface area contributed by atoms with E-state index in [1.807, 2.05) is 24.3 Å². The fourth-order valence-corrected chi connectivity index (χ4v) is 3.48. The van der Waals surface area contributed by atoms with Crippen molar-refractivity contribution in [1.29, 1.82) is 5.26 Å². The van der Waals surface area contributed by atoms with Crippen molar-refractivity contribution in [2.75, 3.05) is 14.1 Å². The van der Waals surface area contributed by atoms with Crippen LogP contribution in [0.3, 0.4) is 0 Å². The fraction of sp³-hybridized carbons (Fsp3) is 0.158. The Labute approximate surface area is 149 Å². The van der Waals surface area contributed by atoms with Crippen LogP contribution >= 0.6 is 11.3 Å². The van der Waals surface area contributed by atoms with Crippen LogP contribution in [0.5, 0.6) is 0 Å². The van der Waals surface area contributed by atoms with E-state index in [0.29, 0.717) is 16.1 Å². The zero-order chi connectivity index (χ0) is 18.0. The van der Waals surface area contributed by atoms with E-state index in [1.54, 1.807) is 32.3 Å². The van der Waals surface area contributed by atoms with Gasteiger partial charge in [0.05, 0.1) is 16.3 Å². The quantitative estimate of drug-likeness (QED) is 0.676. The first-order valence-corrected chi connectivity index (χ1v) is 8.44. The molecule has 2 aromatic carbocycles. The van der Waals surface area contributed by atoms with Crippen LogP contribution in [0.25, 0.3) is 10.2 Å². The molecule has 5 nitrogen and oxygen atoms in total. The first-order valence-electron chi connectivity index (χ1n) is 7.62. The highest BCUT2D eigenvalue weighted by atomic mass is 32.1. The molecule has 0 saturated carbocycles. The molecule has 3 rings (SSSR count). The number of carbonyl (C=O) groups is 2. The minimum Gasteiger partial charge on any atom is -0.345 e. The summed E-state index contributed by atoms with van der Waals surface area (Å²) in [5.74, 6) is -1.53. The predicted octanol–water partition coefficient (Wildman–Crippen LogP) is 3.49. The average Bonchev–Trinajstić information content (AvgIpc) is 3.05. The third kappa shape index (κ3) is 3.28. The number of hydrogen-bond acceptors (Lipinski definition) is 5. The van der Waals surface area contributed by atoms with Crippen molar-refractivity contribution in [2.24, 2.45) is 0 Å². The van der Waals surface area contributed by atoms with Crippen LogP contribution in [0.1, 0.15) is 31.6 Å². The Morgan fingerprint density at radius 3 is 2.52 bits per heavy atom. The summed E-state index contributed by atoms with van der Waals surface area (Å²) in [7, 11) is 3.30. The molecule has 6 heteroatoms. The molecule has 0 aliphatic heterocycles. The monoisotopic (exact) mass is 349 g/mol. The number of rotatable bonds is 4. The van der Waals surface area contributed by atoms with Crippen molar-refractivity contribution in [3.8, 4) is 6.07 Å². The van der Waals surface area contributed by atoms with E-state index < -0.39 is 5.92 Å². The summed E-state index contributed by atoms with van der Waals surface area (Å²) in [6, 6.07) is 16.0. The maximum absolute atomic E-state index is 12.8. The molecule has 0 spiro atoms. The minimum absolute atomic E-state index is 0.192. The number of nitrogens with zero attached hydrogens (tertiary/aromatic N) is 3. The lowest BCUT2D eigenvalue weighted by molar-refractivity contribution is 0.0827. The third-order valence-corrected chi connectivity index (χ3v) is 4.85. The molecule has 0 fully saturated rings. The zero-order valence-corrected chi connectivity index (χ0v) is 14.6. The molecule has 0 saturated heterocycles.